The van der Waals surface area contributed by atoms with Crippen molar-refractivity contribution >= 4 is 16.9 Å². The van der Waals surface area contributed by atoms with Gasteiger partial charge in [0.25, 0.3) is 0 Å². The van der Waals surface area contributed by atoms with E-state index in [1.807, 2.05) is 31.2 Å². The highest BCUT2D eigenvalue weighted by Gasteiger charge is 2.22. The zero-order chi connectivity index (χ0) is 21.8. The molecule has 3 aromatic rings. The van der Waals surface area contributed by atoms with Gasteiger partial charge in [0.2, 0.25) is 5.91 Å². The number of furan rings is 1. The summed E-state index contributed by atoms with van der Waals surface area (Å²) >= 11 is 0. The summed E-state index contributed by atoms with van der Waals surface area (Å²) in [5.41, 5.74) is 1.16. The van der Waals surface area contributed by atoms with Crippen molar-refractivity contribution in [3.05, 3.63) is 63.9 Å². The SMILES string of the molecule is COc1ccc2c(C)c(CC(=O)NCC3CCCN(Cc4ccco4)C3)c(=O)oc2c1. The van der Waals surface area contributed by atoms with E-state index in [0.717, 1.165) is 49.2 Å². The topological polar surface area (TPSA) is 84.9 Å². The Morgan fingerprint density at radius 2 is 2.19 bits per heavy atom. The summed E-state index contributed by atoms with van der Waals surface area (Å²) in [4.78, 5) is 27.4. The fourth-order valence-electron chi connectivity index (χ4n) is 4.27. The van der Waals surface area contributed by atoms with Crippen molar-refractivity contribution in [2.45, 2.75) is 32.7 Å². The molecule has 0 spiro atoms. The molecule has 1 amide bonds. The minimum absolute atomic E-state index is 0.0129. The average Bonchev–Trinajstić information content (AvgIpc) is 3.28. The molecular formula is C24H28N2O5. The van der Waals surface area contributed by atoms with E-state index in [0.29, 0.717) is 29.4 Å². The molecule has 0 aliphatic carbocycles. The number of nitrogens with one attached hydrogen (secondary N) is 1. The van der Waals surface area contributed by atoms with Crippen LogP contribution >= 0.6 is 0 Å². The van der Waals surface area contributed by atoms with E-state index < -0.39 is 5.63 Å². The Balaban J connectivity index is 1.36. The standard InChI is InChI=1S/C24H28N2O5/c1-16-20-8-7-18(29-2)11-22(20)31-24(28)21(16)12-23(27)25-13-17-5-3-9-26(14-17)15-19-6-4-10-30-19/h4,6-8,10-11,17H,3,5,9,12-15H2,1-2H3,(H,25,27). The molecule has 1 saturated heterocycles. The zero-order valence-electron chi connectivity index (χ0n) is 18.0. The third kappa shape index (κ3) is 4.99. The van der Waals surface area contributed by atoms with Gasteiger partial charge in [0.05, 0.1) is 31.9 Å². The van der Waals surface area contributed by atoms with Crippen molar-refractivity contribution in [3.8, 4) is 5.75 Å². The van der Waals surface area contributed by atoms with Crippen molar-refractivity contribution in [2.75, 3.05) is 26.7 Å². The molecule has 0 saturated carbocycles. The largest absolute Gasteiger partial charge is 0.497 e. The maximum absolute atomic E-state index is 12.6. The van der Waals surface area contributed by atoms with Crippen LogP contribution in [0, 0.1) is 12.8 Å². The highest BCUT2D eigenvalue weighted by Crippen LogP contribution is 2.24. The van der Waals surface area contributed by atoms with Crippen LogP contribution in [-0.4, -0.2) is 37.6 Å². The molecule has 7 heteroatoms. The first kappa shape index (κ1) is 21.2. The van der Waals surface area contributed by atoms with Crippen molar-refractivity contribution in [1.29, 1.82) is 0 Å². The number of hydrogen-bond acceptors (Lipinski definition) is 6. The summed E-state index contributed by atoms with van der Waals surface area (Å²) in [5, 5.41) is 3.82. The minimum atomic E-state index is -0.476. The fraction of sp³-hybridized carbons (Fsp3) is 0.417. The molecule has 0 bridgehead atoms. The van der Waals surface area contributed by atoms with Gasteiger partial charge in [0.15, 0.2) is 0 Å². The normalized spacial score (nSPS) is 17.0. The molecule has 164 valence electrons. The number of rotatable bonds is 7. The minimum Gasteiger partial charge on any atom is -0.497 e. The van der Waals surface area contributed by atoms with Crippen LogP contribution in [0.2, 0.25) is 0 Å². The molecule has 7 nitrogen and oxygen atoms in total. The van der Waals surface area contributed by atoms with Gasteiger partial charge < -0.3 is 18.9 Å². The quantitative estimate of drug-likeness (QED) is 0.586. The number of carbonyl (C=O) groups is 1. The highest BCUT2D eigenvalue weighted by molar-refractivity contribution is 5.85. The van der Waals surface area contributed by atoms with Gasteiger partial charge in [0.1, 0.15) is 17.1 Å². The lowest BCUT2D eigenvalue weighted by atomic mass is 9.97. The monoisotopic (exact) mass is 424 g/mol. The second-order valence-corrected chi connectivity index (χ2v) is 8.16. The number of ether oxygens (including phenoxy) is 1. The molecule has 1 N–H and O–H groups in total. The Hall–Kier alpha value is -3.06. The van der Waals surface area contributed by atoms with E-state index in [1.54, 1.807) is 19.4 Å². The summed E-state index contributed by atoms with van der Waals surface area (Å²) in [6.07, 6.45) is 3.88. The van der Waals surface area contributed by atoms with Crippen LogP contribution in [0.4, 0.5) is 0 Å². The molecule has 1 atom stereocenters. The number of methoxy groups -OCH3 is 1. The molecule has 1 aliphatic rings. The van der Waals surface area contributed by atoms with E-state index >= 15 is 0 Å². The van der Waals surface area contributed by atoms with Gasteiger partial charge in [-0.3, -0.25) is 9.69 Å². The summed E-state index contributed by atoms with van der Waals surface area (Å²) in [5.74, 6) is 1.80. The first-order valence-corrected chi connectivity index (χ1v) is 10.6. The number of likely N-dealkylation sites (tertiary alicyclic amines) is 1. The van der Waals surface area contributed by atoms with Gasteiger partial charge >= 0.3 is 5.63 Å². The van der Waals surface area contributed by atoms with Gasteiger partial charge in [0, 0.05) is 24.5 Å². The van der Waals surface area contributed by atoms with E-state index in [2.05, 4.69) is 10.2 Å². The van der Waals surface area contributed by atoms with Crippen molar-refractivity contribution in [2.24, 2.45) is 5.92 Å². The predicted molar refractivity (Wildman–Crippen MR) is 117 cm³/mol. The van der Waals surface area contributed by atoms with Crippen LogP contribution in [-0.2, 0) is 17.8 Å². The van der Waals surface area contributed by atoms with Crippen LogP contribution in [0.15, 0.2) is 50.2 Å². The number of carbonyl (C=O) groups excluding carboxylic acids is 1. The molecule has 31 heavy (non-hydrogen) atoms. The van der Waals surface area contributed by atoms with Gasteiger partial charge in [-0.05, 0) is 62.1 Å². The Labute approximate surface area is 181 Å². The third-order valence-electron chi connectivity index (χ3n) is 5.98. The van der Waals surface area contributed by atoms with E-state index in [4.69, 9.17) is 13.6 Å². The number of benzene rings is 1. The lowest BCUT2D eigenvalue weighted by molar-refractivity contribution is -0.120. The van der Waals surface area contributed by atoms with Crippen LogP contribution in [0.25, 0.3) is 11.0 Å². The van der Waals surface area contributed by atoms with E-state index in [9.17, 15) is 9.59 Å². The third-order valence-corrected chi connectivity index (χ3v) is 5.98. The number of amides is 1. The molecule has 1 unspecified atom stereocenters. The summed E-state index contributed by atoms with van der Waals surface area (Å²) in [7, 11) is 1.56. The van der Waals surface area contributed by atoms with E-state index in [1.165, 1.54) is 0 Å². The van der Waals surface area contributed by atoms with Crippen LogP contribution in [0.1, 0.15) is 29.7 Å². The number of piperidine rings is 1. The fourth-order valence-corrected chi connectivity index (χ4v) is 4.27. The number of nitrogens with zero attached hydrogens (tertiary/aromatic N) is 1. The lowest BCUT2D eigenvalue weighted by Gasteiger charge is -2.32. The predicted octanol–water partition coefficient (Wildman–Crippen LogP) is 3.27. The van der Waals surface area contributed by atoms with Crippen LogP contribution < -0.4 is 15.7 Å². The second kappa shape index (κ2) is 9.39. The van der Waals surface area contributed by atoms with Crippen LogP contribution in [0.3, 0.4) is 0 Å². The Morgan fingerprint density at radius 1 is 1.32 bits per heavy atom. The summed E-state index contributed by atoms with van der Waals surface area (Å²) in [6.45, 7) is 5.19. The second-order valence-electron chi connectivity index (χ2n) is 8.16. The number of fused-ring (bicyclic) bond motifs is 1. The first-order valence-electron chi connectivity index (χ1n) is 10.6. The van der Waals surface area contributed by atoms with E-state index in [-0.39, 0.29) is 12.3 Å². The maximum atomic E-state index is 12.6. The van der Waals surface area contributed by atoms with Gasteiger partial charge in [-0.2, -0.15) is 0 Å². The molecule has 3 heterocycles. The number of hydrogen-bond donors (Lipinski definition) is 1. The zero-order valence-corrected chi connectivity index (χ0v) is 18.0. The Bertz CT molecular complexity index is 1100. The maximum Gasteiger partial charge on any atom is 0.340 e. The number of aryl methyl sites for hydroxylation is 1. The lowest BCUT2D eigenvalue weighted by Crippen LogP contribution is -2.41. The Kier molecular flexibility index (Phi) is 6.42. The van der Waals surface area contributed by atoms with Crippen molar-refractivity contribution in [1.82, 2.24) is 10.2 Å². The van der Waals surface area contributed by atoms with Crippen LogP contribution in [0.5, 0.6) is 5.75 Å². The Morgan fingerprint density at radius 3 is 2.97 bits per heavy atom. The van der Waals surface area contributed by atoms with Gasteiger partial charge in [-0.15, -0.1) is 0 Å². The molecule has 1 fully saturated rings. The highest BCUT2D eigenvalue weighted by atomic mass is 16.5. The molecule has 4 rings (SSSR count). The van der Waals surface area contributed by atoms with Gasteiger partial charge in [-0.25, -0.2) is 4.79 Å². The van der Waals surface area contributed by atoms with Crippen molar-refractivity contribution < 1.29 is 18.4 Å². The molecule has 1 aliphatic heterocycles. The smallest absolute Gasteiger partial charge is 0.340 e. The molecule has 2 aromatic heterocycles. The summed E-state index contributed by atoms with van der Waals surface area (Å²) in [6, 6.07) is 9.24. The van der Waals surface area contributed by atoms with Gasteiger partial charge in [-0.1, -0.05) is 0 Å². The molecule has 0 radical (unpaired) electrons. The average molecular weight is 424 g/mol. The molecular weight excluding hydrogens is 396 g/mol. The first-order chi connectivity index (χ1) is 15.0. The molecule has 1 aromatic carbocycles. The summed E-state index contributed by atoms with van der Waals surface area (Å²) < 4.78 is 16.1. The van der Waals surface area contributed by atoms with Crippen molar-refractivity contribution in [3.63, 3.8) is 0 Å².